The minimum atomic E-state index is -1.35. The van der Waals surface area contributed by atoms with E-state index >= 15 is 0 Å². The van der Waals surface area contributed by atoms with E-state index in [0.717, 1.165) is 11.6 Å². The molecule has 1 aromatic carbocycles. The largest absolute Gasteiger partial charge is 0.488 e. The monoisotopic (exact) mass is 179 g/mol. The molecule has 0 amide bonds. The Morgan fingerprint density at radius 2 is 2.00 bits per heavy atom. The third kappa shape index (κ3) is 4.93. The molecule has 1 rings (SSSR count). The van der Waals surface area contributed by atoms with Gasteiger partial charge in [0.2, 0.25) is 6.08 Å². The molecular weight excluding hydrogens is 169 g/mol. The topological polar surface area (TPSA) is 81.4 Å². The minimum Gasteiger partial charge on any atom is -0.423 e. The first-order valence-corrected chi connectivity index (χ1v) is 3.58. The van der Waals surface area contributed by atoms with Gasteiger partial charge in [0.15, 0.2) is 0 Å². The van der Waals surface area contributed by atoms with E-state index in [-0.39, 0.29) is 0 Å². The van der Waals surface area contributed by atoms with Crippen LogP contribution in [0.25, 0.3) is 0 Å². The molecule has 0 spiro atoms. The lowest BCUT2D eigenvalue weighted by molar-refractivity contribution is 0.425. The second-order valence-corrected chi connectivity index (χ2v) is 2.39. The molecule has 1 aromatic rings. The van der Waals surface area contributed by atoms with Gasteiger partial charge in [0.25, 0.3) is 0 Å². The van der Waals surface area contributed by atoms with Crippen molar-refractivity contribution in [3.63, 3.8) is 0 Å². The van der Waals surface area contributed by atoms with Gasteiger partial charge in [-0.15, -0.1) is 0 Å². The predicted octanol–water partition coefficient (Wildman–Crippen LogP) is -0.424. The van der Waals surface area contributed by atoms with Crippen LogP contribution < -0.4 is 5.46 Å². The molecule has 0 saturated heterocycles. The van der Waals surface area contributed by atoms with Gasteiger partial charge < -0.3 is 10.0 Å². The molecular formula is C8H10BNO3. The van der Waals surface area contributed by atoms with Crippen LogP contribution in [0.1, 0.15) is 5.56 Å². The van der Waals surface area contributed by atoms with Crippen LogP contribution in [-0.2, 0) is 4.79 Å². The average Bonchev–Trinajstić information content (AvgIpc) is 2.05. The van der Waals surface area contributed by atoms with Gasteiger partial charge in [-0.25, -0.2) is 10.2 Å². The second kappa shape index (κ2) is 6.14. The fourth-order valence-corrected chi connectivity index (χ4v) is 0.831. The van der Waals surface area contributed by atoms with Gasteiger partial charge in [0.1, 0.15) is 0 Å². The van der Waals surface area contributed by atoms with Crippen LogP contribution in [0.3, 0.4) is 0 Å². The number of isocyanates is 1. The predicted molar refractivity (Wildman–Crippen MR) is 49.4 cm³/mol. The fraction of sp³-hybridized carbons (Fsp3) is 0.125. The molecule has 0 heterocycles. The SMILES string of the molecule is Cc1cccc(B(O)O)c1.N=C=O. The molecule has 0 saturated carbocycles. The lowest BCUT2D eigenvalue weighted by Gasteiger charge is -1.98. The number of nitrogens with one attached hydrogen (secondary N) is 1. The van der Waals surface area contributed by atoms with E-state index in [1.54, 1.807) is 18.2 Å². The third-order valence-electron chi connectivity index (χ3n) is 1.34. The van der Waals surface area contributed by atoms with E-state index in [1.807, 2.05) is 13.0 Å². The lowest BCUT2D eigenvalue weighted by atomic mass is 9.80. The van der Waals surface area contributed by atoms with Crippen LogP contribution in [0, 0.1) is 12.3 Å². The molecule has 0 aliphatic rings. The molecule has 0 radical (unpaired) electrons. The van der Waals surface area contributed by atoms with Crippen LogP contribution in [0.2, 0.25) is 0 Å². The van der Waals surface area contributed by atoms with Crippen LogP contribution >= 0.6 is 0 Å². The summed E-state index contributed by atoms with van der Waals surface area (Å²) in [7, 11) is -1.35. The Balaban J connectivity index is 0.000000424. The molecule has 0 aromatic heterocycles. The van der Waals surface area contributed by atoms with Gasteiger partial charge in [0, 0.05) is 0 Å². The second-order valence-electron chi connectivity index (χ2n) is 2.39. The fourth-order valence-electron chi connectivity index (χ4n) is 0.831. The summed E-state index contributed by atoms with van der Waals surface area (Å²) in [6.45, 7) is 1.91. The molecule has 0 fully saturated rings. The van der Waals surface area contributed by atoms with Crippen molar-refractivity contribution in [2.75, 3.05) is 0 Å². The Labute approximate surface area is 76.5 Å². The van der Waals surface area contributed by atoms with E-state index in [9.17, 15) is 0 Å². The zero-order chi connectivity index (χ0) is 10.3. The Kier molecular flexibility index (Phi) is 5.47. The van der Waals surface area contributed by atoms with E-state index in [1.165, 1.54) is 0 Å². The number of benzene rings is 1. The van der Waals surface area contributed by atoms with E-state index in [4.69, 9.17) is 20.3 Å². The molecule has 4 nitrogen and oxygen atoms in total. The highest BCUT2D eigenvalue weighted by atomic mass is 16.4. The maximum atomic E-state index is 8.70. The third-order valence-corrected chi connectivity index (χ3v) is 1.34. The van der Waals surface area contributed by atoms with Gasteiger partial charge in [-0.1, -0.05) is 29.8 Å². The summed E-state index contributed by atoms with van der Waals surface area (Å²) in [5.41, 5.74) is 1.57. The first-order valence-electron chi connectivity index (χ1n) is 3.58. The van der Waals surface area contributed by atoms with E-state index in [2.05, 4.69) is 0 Å². The van der Waals surface area contributed by atoms with Crippen molar-refractivity contribution in [3.05, 3.63) is 29.8 Å². The van der Waals surface area contributed by atoms with Crippen molar-refractivity contribution in [3.8, 4) is 0 Å². The number of aryl methyl sites for hydroxylation is 1. The molecule has 13 heavy (non-hydrogen) atoms. The summed E-state index contributed by atoms with van der Waals surface area (Å²) in [4.78, 5) is 8.35. The summed E-state index contributed by atoms with van der Waals surface area (Å²) in [5.74, 6) is 0. The van der Waals surface area contributed by atoms with Crippen molar-refractivity contribution >= 4 is 18.7 Å². The van der Waals surface area contributed by atoms with E-state index < -0.39 is 7.12 Å². The van der Waals surface area contributed by atoms with Crippen molar-refractivity contribution < 1.29 is 14.8 Å². The van der Waals surface area contributed by atoms with Crippen molar-refractivity contribution in [2.45, 2.75) is 6.92 Å². The smallest absolute Gasteiger partial charge is 0.423 e. The first kappa shape index (κ1) is 11.6. The first-order chi connectivity index (χ1) is 6.11. The quantitative estimate of drug-likeness (QED) is 0.311. The van der Waals surface area contributed by atoms with Crippen molar-refractivity contribution in [1.82, 2.24) is 0 Å². The Morgan fingerprint density at radius 3 is 2.31 bits per heavy atom. The standard InChI is InChI=1S/C7H9BO2.CHNO/c1-6-3-2-4-7(5-6)8(9)10;2-1-3/h2-5,9-10H,1H3;2H. The normalized spacial score (nSPS) is 7.92. The molecule has 0 aliphatic carbocycles. The van der Waals surface area contributed by atoms with Crippen LogP contribution in [0.4, 0.5) is 0 Å². The van der Waals surface area contributed by atoms with Gasteiger partial charge in [-0.2, -0.15) is 0 Å². The zero-order valence-corrected chi connectivity index (χ0v) is 7.19. The van der Waals surface area contributed by atoms with Crippen LogP contribution in [0.15, 0.2) is 24.3 Å². The highest BCUT2D eigenvalue weighted by molar-refractivity contribution is 6.58. The van der Waals surface area contributed by atoms with Crippen LogP contribution in [0.5, 0.6) is 0 Å². The minimum absolute atomic E-state index is 0.542. The number of carbonyl (C=O) groups excluding carboxylic acids is 1. The Bertz CT molecular complexity index is 295. The van der Waals surface area contributed by atoms with Gasteiger partial charge in [-0.3, -0.25) is 0 Å². The highest BCUT2D eigenvalue weighted by Gasteiger charge is 2.08. The summed E-state index contributed by atoms with van der Waals surface area (Å²) < 4.78 is 0. The van der Waals surface area contributed by atoms with Gasteiger partial charge in [-0.05, 0) is 12.4 Å². The van der Waals surface area contributed by atoms with Gasteiger partial charge >= 0.3 is 7.12 Å². The molecule has 3 N–H and O–H groups in total. The average molecular weight is 179 g/mol. The van der Waals surface area contributed by atoms with Crippen molar-refractivity contribution in [1.29, 1.82) is 5.41 Å². The highest BCUT2D eigenvalue weighted by Crippen LogP contribution is 1.92. The van der Waals surface area contributed by atoms with Crippen LogP contribution in [-0.4, -0.2) is 23.2 Å². The summed E-state index contributed by atoms with van der Waals surface area (Å²) in [6, 6.07) is 7.12. The molecule has 68 valence electrons. The summed E-state index contributed by atoms with van der Waals surface area (Å²) >= 11 is 0. The Hall–Kier alpha value is -1.42. The summed E-state index contributed by atoms with van der Waals surface area (Å²) in [5, 5.41) is 22.8. The summed E-state index contributed by atoms with van der Waals surface area (Å²) in [6.07, 6.45) is 0.750. The van der Waals surface area contributed by atoms with Gasteiger partial charge in [0.05, 0.1) is 0 Å². The van der Waals surface area contributed by atoms with Crippen molar-refractivity contribution in [2.24, 2.45) is 0 Å². The maximum absolute atomic E-state index is 8.70. The maximum Gasteiger partial charge on any atom is 0.488 e. The Morgan fingerprint density at radius 1 is 1.46 bits per heavy atom. The molecule has 0 aliphatic heterocycles. The molecule has 0 bridgehead atoms. The molecule has 0 unspecified atom stereocenters. The lowest BCUT2D eigenvalue weighted by Crippen LogP contribution is -2.29. The molecule has 5 heteroatoms. The number of hydrogen-bond acceptors (Lipinski definition) is 4. The number of rotatable bonds is 1. The number of hydrogen-bond donors (Lipinski definition) is 3. The zero-order valence-electron chi connectivity index (χ0n) is 7.19. The molecule has 0 atom stereocenters. The van der Waals surface area contributed by atoms with E-state index in [0.29, 0.717) is 5.46 Å².